The lowest BCUT2D eigenvalue weighted by Crippen LogP contribution is -2.74. The standard InChI is InChI=1S/C17H28N5O/c1-21-7-10-22(11-8-21,12-9-21)14-17(23)20-16-5-4-15(19-13-16)3-2-6-18/h4-5,13H,2-3,6-12,14,18H2,1H3/q+1/p+1. The van der Waals surface area contributed by atoms with E-state index in [1.165, 1.54) is 24.1 Å². The van der Waals surface area contributed by atoms with Crippen molar-refractivity contribution >= 4 is 11.6 Å². The molecule has 126 valence electrons. The third-order valence-corrected chi connectivity index (χ3v) is 5.57. The average Bonchev–Trinajstić information content (AvgIpc) is 2.56. The molecule has 3 fully saturated rings. The monoisotopic (exact) mass is 319 g/mol. The molecule has 1 amide bonds. The summed E-state index contributed by atoms with van der Waals surface area (Å²) >= 11 is 0. The molecule has 0 spiro atoms. The fraction of sp³-hybridized carbons (Fsp3) is 0.647. The van der Waals surface area contributed by atoms with Crippen LogP contribution in [-0.4, -0.2) is 79.3 Å². The van der Waals surface area contributed by atoms with E-state index < -0.39 is 0 Å². The molecule has 3 aliphatic heterocycles. The fourth-order valence-electron chi connectivity index (χ4n) is 3.70. The quantitative estimate of drug-likeness (QED) is 0.736. The topological polar surface area (TPSA) is 68.0 Å². The summed E-state index contributed by atoms with van der Waals surface area (Å²) in [6.07, 6.45) is 3.59. The van der Waals surface area contributed by atoms with Gasteiger partial charge in [0.05, 0.1) is 18.9 Å². The first-order valence-electron chi connectivity index (χ1n) is 8.66. The molecule has 2 bridgehead atoms. The van der Waals surface area contributed by atoms with Crippen molar-refractivity contribution in [1.29, 1.82) is 0 Å². The molecule has 0 saturated carbocycles. The van der Waals surface area contributed by atoms with Crippen LogP contribution in [0.4, 0.5) is 5.69 Å². The summed E-state index contributed by atoms with van der Waals surface area (Å²) in [5.41, 5.74) is 7.33. The maximum Gasteiger partial charge on any atom is 0.279 e. The highest BCUT2D eigenvalue weighted by Gasteiger charge is 2.47. The Kier molecular flexibility index (Phi) is 4.66. The van der Waals surface area contributed by atoms with Crippen molar-refractivity contribution in [1.82, 2.24) is 4.98 Å². The first-order chi connectivity index (χ1) is 11.0. The molecule has 6 nitrogen and oxygen atoms in total. The van der Waals surface area contributed by atoms with Gasteiger partial charge in [0, 0.05) is 5.69 Å². The normalized spacial score (nSPS) is 29.5. The largest absolute Gasteiger partial charge is 0.330 e. The Balaban J connectivity index is 1.53. The van der Waals surface area contributed by atoms with E-state index >= 15 is 0 Å². The molecule has 4 rings (SSSR count). The molecule has 0 unspecified atom stereocenters. The number of pyridine rings is 1. The lowest BCUT2D eigenvalue weighted by molar-refractivity contribution is -1.07. The number of aryl methyl sites for hydroxylation is 1. The summed E-state index contributed by atoms with van der Waals surface area (Å²) in [5, 5.41) is 3.01. The van der Waals surface area contributed by atoms with E-state index in [0.717, 1.165) is 48.3 Å². The maximum absolute atomic E-state index is 12.4. The second-order valence-electron chi connectivity index (χ2n) is 7.44. The molecule has 3 aliphatic rings. The highest BCUT2D eigenvalue weighted by Crippen LogP contribution is 2.24. The van der Waals surface area contributed by atoms with Gasteiger partial charge in [-0.2, -0.15) is 0 Å². The minimum absolute atomic E-state index is 0.111. The lowest BCUT2D eigenvalue weighted by atomic mass is 10.1. The van der Waals surface area contributed by atoms with Crippen LogP contribution in [0.15, 0.2) is 18.3 Å². The average molecular weight is 319 g/mol. The van der Waals surface area contributed by atoms with E-state index in [0.29, 0.717) is 13.1 Å². The number of anilines is 1. The molecule has 3 saturated heterocycles. The summed E-state index contributed by atoms with van der Waals surface area (Å²) in [4.78, 5) is 16.8. The minimum atomic E-state index is 0.111. The number of quaternary nitrogens is 2. The molecule has 6 heteroatoms. The Morgan fingerprint density at radius 2 is 1.91 bits per heavy atom. The van der Waals surface area contributed by atoms with Crippen LogP contribution in [0.5, 0.6) is 0 Å². The van der Waals surface area contributed by atoms with Crippen molar-refractivity contribution in [2.24, 2.45) is 5.73 Å². The molecule has 3 N–H and O–H groups in total. The number of nitrogens with zero attached hydrogens (tertiary/aromatic N) is 3. The smallest absolute Gasteiger partial charge is 0.279 e. The fourth-order valence-corrected chi connectivity index (χ4v) is 3.70. The van der Waals surface area contributed by atoms with Crippen LogP contribution >= 0.6 is 0 Å². The van der Waals surface area contributed by atoms with E-state index in [-0.39, 0.29) is 5.91 Å². The number of nitrogens with one attached hydrogen (secondary N) is 1. The van der Waals surface area contributed by atoms with Crippen LogP contribution in [0.3, 0.4) is 0 Å². The number of nitrogens with two attached hydrogens (primary N) is 1. The predicted molar refractivity (Wildman–Crippen MR) is 90.8 cm³/mol. The van der Waals surface area contributed by atoms with Crippen LogP contribution in [0.25, 0.3) is 0 Å². The predicted octanol–water partition coefficient (Wildman–Crippen LogP) is 0.202. The molecule has 1 aromatic rings. The zero-order chi connectivity index (χ0) is 16.3. The summed E-state index contributed by atoms with van der Waals surface area (Å²) < 4.78 is 2.15. The van der Waals surface area contributed by atoms with Gasteiger partial charge in [0.25, 0.3) is 5.91 Å². The number of fused-ring (bicyclic) bond motifs is 3. The number of hydrogen-bond acceptors (Lipinski definition) is 3. The molecule has 0 aromatic carbocycles. The van der Waals surface area contributed by atoms with Crippen molar-refractivity contribution in [3.8, 4) is 0 Å². The molecule has 1 aromatic heterocycles. The van der Waals surface area contributed by atoms with Gasteiger partial charge in [-0.1, -0.05) is 0 Å². The number of hydrogen-bond donors (Lipinski definition) is 2. The van der Waals surface area contributed by atoms with Crippen LogP contribution in [0, 0.1) is 0 Å². The number of piperazine rings is 3. The second kappa shape index (κ2) is 6.55. The molecular formula is C17H29N5O+2. The third-order valence-electron chi connectivity index (χ3n) is 5.57. The molecule has 0 atom stereocenters. The molecule has 0 radical (unpaired) electrons. The van der Waals surface area contributed by atoms with Crippen LogP contribution in [-0.2, 0) is 11.2 Å². The van der Waals surface area contributed by atoms with Crippen molar-refractivity contribution < 1.29 is 13.8 Å². The van der Waals surface area contributed by atoms with Gasteiger partial charge in [0.2, 0.25) is 0 Å². The Bertz CT molecular complexity index is 532. The highest BCUT2D eigenvalue weighted by molar-refractivity contribution is 5.91. The summed E-state index contributed by atoms with van der Waals surface area (Å²) in [6.45, 7) is 8.24. The summed E-state index contributed by atoms with van der Waals surface area (Å²) in [6, 6.07) is 3.92. The molecule has 0 aliphatic carbocycles. The summed E-state index contributed by atoms with van der Waals surface area (Å²) in [5.74, 6) is 0.111. The second-order valence-corrected chi connectivity index (χ2v) is 7.44. The van der Waals surface area contributed by atoms with Crippen molar-refractivity contribution in [3.63, 3.8) is 0 Å². The van der Waals surface area contributed by atoms with Gasteiger partial charge in [-0.05, 0) is 31.5 Å². The van der Waals surface area contributed by atoms with Crippen LogP contribution in [0.2, 0.25) is 0 Å². The molecule has 23 heavy (non-hydrogen) atoms. The first-order valence-corrected chi connectivity index (χ1v) is 8.66. The maximum atomic E-state index is 12.4. The van der Waals surface area contributed by atoms with Gasteiger partial charge in [0.15, 0.2) is 6.54 Å². The van der Waals surface area contributed by atoms with Gasteiger partial charge in [-0.3, -0.25) is 9.78 Å². The van der Waals surface area contributed by atoms with Gasteiger partial charge in [-0.25, -0.2) is 0 Å². The van der Waals surface area contributed by atoms with E-state index in [1.807, 2.05) is 12.1 Å². The van der Waals surface area contributed by atoms with E-state index in [4.69, 9.17) is 5.73 Å². The SMILES string of the molecule is C[N+]12CC[N+](CC(=O)Nc3ccc(CCCN)nc3)(CC1)CC2. The zero-order valence-corrected chi connectivity index (χ0v) is 14.1. The number of likely N-dealkylation sites (N-methyl/N-ethyl adjacent to an activating group) is 1. The highest BCUT2D eigenvalue weighted by atomic mass is 16.2. The number of amides is 1. The van der Waals surface area contributed by atoms with Gasteiger partial charge < -0.3 is 20.0 Å². The Morgan fingerprint density at radius 3 is 2.48 bits per heavy atom. The van der Waals surface area contributed by atoms with Crippen LogP contribution in [0.1, 0.15) is 12.1 Å². The first kappa shape index (κ1) is 16.4. The Labute approximate surface area is 138 Å². The molecular weight excluding hydrogens is 290 g/mol. The zero-order valence-electron chi connectivity index (χ0n) is 14.1. The van der Waals surface area contributed by atoms with E-state index in [9.17, 15) is 4.79 Å². The van der Waals surface area contributed by atoms with Gasteiger partial charge in [0.1, 0.15) is 39.3 Å². The Hall–Kier alpha value is -1.50. The molecule has 4 heterocycles. The van der Waals surface area contributed by atoms with Crippen LogP contribution < -0.4 is 11.1 Å². The summed E-state index contributed by atoms with van der Waals surface area (Å²) in [7, 11) is 2.34. The van der Waals surface area contributed by atoms with Crippen molar-refractivity contribution in [3.05, 3.63) is 24.0 Å². The minimum Gasteiger partial charge on any atom is -0.330 e. The number of aromatic nitrogens is 1. The van der Waals surface area contributed by atoms with E-state index in [2.05, 4.69) is 17.3 Å². The number of carbonyl (C=O) groups is 1. The van der Waals surface area contributed by atoms with Gasteiger partial charge >= 0.3 is 0 Å². The van der Waals surface area contributed by atoms with Crippen molar-refractivity contribution in [2.45, 2.75) is 12.8 Å². The number of rotatable bonds is 6. The van der Waals surface area contributed by atoms with Gasteiger partial charge in [-0.15, -0.1) is 0 Å². The number of carbonyl (C=O) groups excluding carboxylic acids is 1. The van der Waals surface area contributed by atoms with Crippen molar-refractivity contribution in [2.75, 3.05) is 64.7 Å². The lowest BCUT2D eigenvalue weighted by Gasteiger charge is -2.53. The Morgan fingerprint density at radius 1 is 1.22 bits per heavy atom. The van der Waals surface area contributed by atoms with E-state index in [1.54, 1.807) is 6.20 Å². The third kappa shape index (κ3) is 3.88.